The Morgan fingerprint density at radius 1 is 1.17 bits per heavy atom. The van der Waals surface area contributed by atoms with Crippen molar-refractivity contribution in [2.45, 2.75) is 68.9 Å². The number of morpholine rings is 1. The number of aliphatic hydroxyl groups is 1. The number of ether oxygens (including phenoxy) is 3. The largest absolute Gasteiger partial charge is 0.480 e. The predicted octanol–water partition coefficient (Wildman–Crippen LogP) is 4.01. The minimum atomic E-state index is -2.99. The van der Waals surface area contributed by atoms with Crippen LogP contribution in [0.15, 0.2) is 40.9 Å². The summed E-state index contributed by atoms with van der Waals surface area (Å²) in [5.74, 6) is 4.91. The molecule has 0 aliphatic carbocycles. The van der Waals surface area contributed by atoms with E-state index in [9.17, 15) is 23.8 Å². The monoisotopic (exact) mass is 718 g/mol. The molecule has 1 aromatic carbocycles. The Morgan fingerprint density at radius 3 is 2.79 bits per heavy atom. The second-order valence-corrected chi connectivity index (χ2v) is 13.9. The van der Waals surface area contributed by atoms with Crippen LogP contribution >= 0.6 is 0 Å². The number of alkyl halides is 2. The highest BCUT2D eigenvalue weighted by molar-refractivity contribution is 6.06. The molecule has 4 saturated heterocycles. The van der Waals surface area contributed by atoms with Gasteiger partial charge in [-0.1, -0.05) is 30.4 Å². The number of halogens is 2. The molecule has 4 fully saturated rings. The Kier molecular flexibility index (Phi) is 9.33. The van der Waals surface area contributed by atoms with Crippen molar-refractivity contribution in [3.8, 4) is 17.7 Å². The molecule has 15 heteroatoms. The first kappa shape index (κ1) is 34.5. The Bertz CT molecular complexity index is 2030. The maximum absolute atomic E-state index is 14.1. The summed E-state index contributed by atoms with van der Waals surface area (Å²) in [6.07, 6.45) is 1.11. The zero-order chi connectivity index (χ0) is 36.0. The summed E-state index contributed by atoms with van der Waals surface area (Å²) in [5, 5.41) is 20.7. The fraction of sp³-hybridized carbons (Fsp3) is 0.514. The van der Waals surface area contributed by atoms with Crippen molar-refractivity contribution in [3.63, 3.8) is 0 Å². The minimum absolute atomic E-state index is 0.0176. The summed E-state index contributed by atoms with van der Waals surface area (Å²) >= 11 is 0. The van der Waals surface area contributed by atoms with Gasteiger partial charge in [0.25, 0.3) is 6.43 Å². The van der Waals surface area contributed by atoms with Crippen LogP contribution in [0.1, 0.15) is 50.4 Å². The molecule has 0 unspecified atom stereocenters. The molecule has 2 N–H and O–H groups in total. The molecule has 1 spiro atoms. The summed E-state index contributed by atoms with van der Waals surface area (Å²) < 4.78 is 52.5. The molecule has 4 atom stereocenters. The van der Waals surface area contributed by atoms with Crippen molar-refractivity contribution in [1.82, 2.24) is 19.9 Å². The number of aliphatic hydroxyl groups excluding tert-OH is 1. The van der Waals surface area contributed by atoms with Crippen molar-refractivity contribution < 1.29 is 42.4 Å². The lowest BCUT2D eigenvalue weighted by Gasteiger charge is -2.53. The number of carboxylic acid groups (broad SMARTS) is 1. The molecule has 52 heavy (non-hydrogen) atoms. The van der Waals surface area contributed by atoms with E-state index < -0.39 is 36.0 Å². The van der Waals surface area contributed by atoms with E-state index in [1.807, 2.05) is 6.07 Å². The van der Waals surface area contributed by atoms with Crippen LogP contribution in [0.25, 0.3) is 22.1 Å². The van der Waals surface area contributed by atoms with Gasteiger partial charge in [-0.25, -0.2) is 28.5 Å². The van der Waals surface area contributed by atoms with E-state index in [0.717, 1.165) is 25.8 Å². The van der Waals surface area contributed by atoms with Gasteiger partial charge in [0.1, 0.15) is 34.5 Å². The number of piperidine rings is 1. The summed E-state index contributed by atoms with van der Waals surface area (Å²) in [7, 11) is 0. The topological polar surface area (TPSA) is 147 Å². The number of furan rings is 1. The summed E-state index contributed by atoms with van der Waals surface area (Å²) in [6, 6.07) is 7.71. The molecule has 4 aliphatic heterocycles. The van der Waals surface area contributed by atoms with Gasteiger partial charge in [0, 0.05) is 36.2 Å². The van der Waals surface area contributed by atoms with Gasteiger partial charge in [-0.2, -0.15) is 0 Å². The van der Waals surface area contributed by atoms with Crippen LogP contribution in [0.2, 0.25) is 0 Å². The van der Waals surface area contributed by atoms with Crippen molar-refractivity contribution in [2.75, 3.05) is 62.4 Å². The van der Waals surface area contributed by atoms with Gasteiger partial charge in [0.2, 0.25) is 5.88 Å². The zero-order valence-electron chi connectivity index (χ0n) is 28.7. The van der Waals surface area contributed by atoms with Crippen LogP contribution in [-0.4, -0.2) is 118 Å². The van der Waals surface area contributed by atoms with E-state index in [0.29, 0.717) is 61.0 Å². The van der Waals surface area contributed by atoms with Crippen LogP contribution in [0.3, 0.4) is 0 Å². The van der Waals surface area contributed by atoms with Crippen molar-refractivity contribution in [3.05, 3.63) is 47.9 Å². The number of likely N-dealkylation sites (tertiary alicyclic amines) is 1. The SMILES string of the molecule is C[C@@H]1N(c2cc(C#CCN3CCCC[C@H]3CO)cnc2O[C@H]2C[C@@H](C(=O)O)N(c3nc(C(F)F)nc4c3oc3ccccc34)C2)CCOC12COC2. The quantitative estimate of drug-likeness (QED) is 0.253. The van der Waals surface area contributed by atoms with Gasteiger partial charge in [-0.05, 0) is 44.5 Å². The molecule has 0 bridgehead atoms. The Labute approximate surface area is 298 Å². The first-order chi connectivity index (χ1) is 25.2. The highest BCUT2D eigenvalue weighted by Gasteiger charge is 2.50. The molecule has 0 radical (unpaired) electrons. The second-order valence-electron chi connectivity index (χ2n) is 13.9. The number of rotatable bonds is 8. The standard InChI is InChI=1S/C37H40F2N6O7/c1-22-37(20-49-21-37)50-14-13-44(22)27-15-23(7-6-12-43-11-5-4-8-24(43)19-46)17-40-35(27)51-25-16-28(36(47)48)45(18-25)34-31-30(41-33(42-34)32(38)39)26-9-2-3-10-29(26)52-31/h2-3,9-10,15,17,22,24-25,28,32,46H,4-5,8,11-14,16,18-21H2,1H3,(H,47,48)/t22-,24-,25-,28-/m0/s1. The number of para-hydroxylation sites is 1. The molecule has 7 heterocycles. The first-order valence-corrected chi connectivity index (χ1v) is 17.7. The van der Waals surface area contributed by atoms with Crippen LogP contribution in [0, 0.1) is 11.8 Å². The van der Waals surface area contributed by atoms with E-state index in [2.05, 4.69) is 38.5 Å². The van der Waals surface area contributed by atoms with Gasteiger partial charge >= 0.3 is 5.97 Å². The number of nitrogens with zero attached hydrogens (tertiary/aromatic N) is 6. The highest BCUT2D eigenvalue weighted by atomic mass is 19.3. The number of carboxylic acids is 1. The van der Waals surface area contributed by atoms with Crippen LogP contribution in [0.4, 0.5) is 20.3 Å². The third-order valence-electron chi connectivity index (χ3n) is 10.8. The average Bonchev–Trinajstić information content (AvgIpc) is 3.73. The lowest BCUT2D eigenvalue weighted by molar-refractivity contribution is -0.228. The Hall–Kier alpha value is -4.62. The fourth-order valence-corrected chi connectivity index (χ4v) is 7.82. The molecule has 8 rings (SSSR count). The van der Waals surface area contributed by atoms with Gasteiger partial charge < -0.3 is 38.6 Å². The Morgan fingerprint density at radius 2 is 2.02 bits per heavy atom. The molecule has 4 aliphatic rings. The lowest BCUT2D eigenvalue weighted by Crippen LogP contribution is -2.68. The molecule has 3 aromatic heterocycles. The average molecular weight is 719 g/mol. The number of anilines is 2. The number of benzene rings is 1. The number of aliphatic carboxylic acids is 1. The number of aromatic nitrogens is 3. The summed E-state index contributed by atoms with van der Waals surface area (Å²) in [6.45, 7) is 5.55. The summed E-state index contributed by atoms with van der Waals surface area (Å²) in [4.78, 5) is 31.5. The lowest BCUT2D eigenvalue weighted by atomic mass is 9.90. The van der Waals surface area contributed by atoms with Gasteiger partial charge in [0.05, 0.1) is 45.6 Å². The molecule has 274 valence electrons. The molecular weight excluding hydrogens is 678 g/mol. The summed E-state index contributed by atoms with van der Waals surface area (Å²) in [5.41, 5.74) is 1.64. The normalized spacial score (nSPS) is 24.7. The third-order valence-corrected chi connectivity index (χ3v) is 10.8. The van der Waals surface area contributed by atoms with E-state index in [4.69, 9.17) is 23.6 Å². The van der Waals surface area contributed by atoms with Crippen LogP contribution in [-0.2, 0) is 14.3 Å². The second kappa shape index (κ2) is 14.1. The van der Waals surface area contributed by atoms with Crippen molar-refractivity contribution >= 4 is 39.5 Å². The number of pyridine rings is 1. The number of fused-ring (bicyclic) bond motifs is 3. The number of hydrogen-bond donors (Lipinski definition) is 2. The van der Waals surface area contributed by atoms with Gasteiger partial charge in [0.15, 0.2) is 17.2 Å². The zero-order valence-corrected chi connectivity index (χ0v) is 28.7. The van der Waals surface area contributed by atoms with E-state index in [-0.39, 0.29) is 48.6 Å². The van der Waals surface area contributed by atoms with E-state index in [1.165, 1.54) is 4.90 Å². The van der Waals surface area contributed by atoms with E-state index >= 15 is 0 Å². The van der Waals surface area contributed by atoms with Crippen molar-refractivity contribution in [2.24, 2.45) is 0 Å². The Balaban J connectivity index is 1.12. The minimum Gasteiger partial charge on any atom is -0.480 e. The molecule has 4 aromatic rings. The van der Waals surface area contributed by atoms with Crippen LogP contribution < -0.4 is 14.5 Å². The maximum Gasteiger partial charge on any atom is 0.326 e. The van der Waals surface area contributed by atoms with E-state index in [1.54, 1.807) is 30.5 Å². The molecule has 13 nitrogen and oxygen atoms in total. The predicted molar refractivity (Wildman–Crippen MR) is 186 cm³/mol. The number of hydrogen-bond acceptors (Lipinski definition) is 12. The smallest absolute Gasteiger partial charge is 0.326 e. The highest BCUT2D eigenvalue weighted by Crippen LogP contribution is 2.41. The van der Waals surface area contributed by atoms with Crippen LogP contribution in [0.5, 0.6) is 5.88 Å². The molecule has 0 amide bonds. The first-order valence-electron chi connectivity index (χ1n) is 17.7. The van der Waals surface area contributed by atoms with Gasteiger partial charge in [-0.3, -0.25) is 4.90 Å². The number of carbonyl (C=O) groups is 1. The maximum atomic E-state index is 14.1. The van der Waals surface area contributed by atoms with Crippen molar-refractivity contribution in [1.29, 1.82) is 0 Å². The fourth-order valence-electron chi connectivity index (χ4n) is 7.82. The molecule has 0 saturated carbocycles. The van der Waals surface area contributed by atoms with Gasteiger partial charge in [-0.15, -0.1) is 0 Å². The third kappa shape index (κ3) is 6.27. The molecular formula is C37H40F2N6O7.